The van der Waals surface area contributed by atoms with Crippen LogP contribution in [0.2, 0.25) is 0 Å². The Morgan fingerprint density at radius 1 is 1.12 bits per heavy atom. The van der Waals surface area contributed by atoms with Crippen LogP contribution in [-0.2, 0) is 4.79 Å². The van der Waals surface area contributed by atoms with E-state index in [0.717, 1.165) is 36.2 Å². The molecule has 1 aromatic carbocycles. The van der Waals surface area contributed by atoms with E-state index in [2.05, 4.69) is 16.3 Å². The zero-order chi connectivity index (χ0) is 17.1. The summed E-state index contributed by atoms with van der Waals surface area (Å²) in [7, 11) is 0. The fraction of sp³-hybridized carbons (Fsp3) is 0.650. The molecule has 0 spiro atoms. The molecule has 0 radical (unpaired) electrons. The Morgan fingerprint density at radius 3 is 2.76 bits per heavy atom. The Balaban J connectivity index is 1.29. The van der Waals surface area contributed by atoms with Crippen LogP contribution in [0.15, 0.2) is 29.2 Å². The van der Waals surface area contributed by atoms with Crippen LogP contribution >= 0.6 is 11.8 Å². The van der Waals surface area contributed by atoms with Crippen LogP contribution in [0.4, 0.5) is 0 Å². The minimum absolute atomic E-state index is 0.0507. The standard InChI is InChI=1S/C20H28N2O2S/c23-20(18-14-25-19-10-6-5-9-17(19)24-18)21-15-11-12-22(13-15)16-7-3-1-2-4-8-16/h5-6,9-10,15-16,18H,1-4,7-8,11-14H2,(H,21,23)/t15-,18+/m1/s1. The number of carbonyl (C=O) groups is 1. The molecule has 3 aliphatic rings. The predicted molar refractivity (Wildman–Crippen MR) is 101 cm³/mol. The van der Waals surface area contributed by atoms with Gasteiger partial charge in [-0.05, 0) is 31.4 Å². The van der Waals surface area contributed by atoms with Gasteiger partial charge in [0.15, 0.2) is 6.10 Å². The number of hydrogen-bond acceptors (Lipinski definition) is 4. The summed E-state index contributed by atoms with van der Waals surface area (Å²) in [6, 6.07) is 8.98. The molecule has 1 saturated heterocycles. The second kappa shape index (κ2) is 8.00. The number of nitrogens with zero attached hydrogens (tertiary/aromatic N) is 1. The van der Waals surface area contributed by atoms with Gasteiger partial charge >= 0.3 is 0 Å². The van der Waals surface area contributed by atoms with Crippen molar-refractivity contribution < 1.29 is 9.53 Å². The van der Waals surface area contributed by atoms with Gasteiger partial charge in [0.05, 0.1) is 0 Å². The molecule has 2 aliphatic heterocycles. The summed E-state index contributed by atoms with van der Waals surface area (Å²) in [4.78, 5) is 16.4. The van der Waals surface area contributed by atoms with Crippen molar-refractivity contribution >= 4 is 17.7 Å². The maximum atomic E-state index is 12.6. The highest BCUT2D eigenvalue weighted by Gasteiger charge is 2.32. The number of hydrogen-bond donors (Lipinski definition) is 1. The van der Waals surface area contributed by atoms with Gasteiger partial charge in [-0.25, -0.2) is 0 Å². The molecule has 0 aromatic heterocycles. The summed E-state index contributed by atoms with van der Waals surface area (Å²) < 4.78 is 5.92. The van der Waals surface area contributed by atoms with E-state index in [1.807, 2.05) is 18.2 Å². The van der Waals surface area contributed by atoms with Crippen LogP contribution in [0.25, 0.3) is 0 Å². The Bertz CT molecular complexity index is 601. The van der Waals surface area contributed by atoms with E-state index in [0.29, 0.717) is 5.75 Å². The number of amides is 1. The zero-order valence-electron chi connectivity index (χ0n) is 14.8. The van der Waals surface area contributed by atoms with Crippen molar-refractivity contribution in [2.24, 2.45) is 0 Å². The van der Waals surface area contributed by atoms with E-state index in [1.165, 1.54) is 38.5 Å². The third-order valence-corrected chi connectivity index (χ3v) is 6.83. The summed E-state index contributed by atoms with van der Waals surface area (Å²) in [5.41, 5.74) is 0. The average molecular weight is 361 g/mol. The molecule has 1 amide bonds. The molecule has 4 rings (SSSR count). The van der Waals surface area contributed by atoms with Crippen molar-refractivity contribution in [3.63, 3.8) is 0 Å². The lowest BCUT2D eigenvalue weighted by Crippen LogP contribution is -2.47. The number of rotatable bonds is 3. The lowest BCUT2D eigenvalue weighted by atomic mass is 10.1. The second-order valence-corrected chi connectivity index (χ2v) is 8.56. The van der Waals surface area contributed by atoms with Gasteiger partial charge in [-0.3, -0.25) is 9.69 Å². The van der Waals surface area contributed by atoms with E-state index in [9.17, 15) is 4.79 Å². The zero-order valence-corrected chi connectivity index (χ0v) is 15.6. The largest absolute Gasteiger partial charge is 0.479 e. The highest BCUT2D eigenvalue weighted by molar-refractivity contribution is 7.99. The molecular weight excluding hydrogens is 332 g/mol. The molecule has 0 unspecified atom stereocenters. The number of benzene rings is 1. The van der Waals surface area contributed by atoms with Gasteiger partial charge in [-0.2, -0.15) is 0 Å². The molecule has 0 bridgehead atoms. The maximum absolute atomic E-state index is 12.6. The number of likely N-dealkylation sites (tertiary alicyclic amines) is 1. The SMILES string of the molecule is O=C(N[C@@H]1CCN(C2CCCCCC2)C1)[C@@H]1CSc2ccccc2O1. The Morgan fingerprint density at radius 2 is 1.92 bits per heavy atom. The second-order valence-electron chi connectivity index (χ2n) is 7.50. The van der Waals surface area contributed by atoms with Gasteiger partial charge in [0, 0.05) is 35.8 Å². The maximum Gasteiger partial charge on any atom is 0.262 e. The Hall–Kier alpha value is -1.20. The van der Waals surface area contributed by atoms with Gasteiger partial charge in [0.25, 0.3) is 5.91 Å². The van der Waals surface area contributed by atoms with Crippen molar-refractivity contribution in [1.82, 2.24) is 10.2 Å². The highest BCUT2D eigenvalue weighted by Crippen LogP contribution is 2.35. The third kappa shape index (κ3) is 4.14. The lowest BCUT2D eigenvalue weighted by Gasteiger charge is -2.28. The van der Waals surface area contributed by atoms with Crippen molar-refractivity contribution in [3.05, 3.63) is 24.3 Å². The quantitative estimate of drug-likeness (QED) is 0.839. The minimum Gasteiger partial charge on any atom is -0.479 e. The van der Waals surface area contributed by atoms with E-state index < -0.39 is 0 Å². The van der Waals surface area contributed by atoms with Crippen molar-refractivity contribution in [2.45, 2.75) is 68.0 Å². The lowest BCUT2D eigenvalue weighted by molar-refractivity contribution is -0.127. The first-order valence-electron chi connectivity index (χ1n) is 9.72. The molecule has 136 valence electrons. The topological polar surface area (TPSA) is 41.6 Å². The van der Waals surface area contributed by atoms with E-state index in [-0.39, 0.29) is 18.1 Å². The van der Waals surface area contributed by atoms with Crippen LogP contribution in [0.1, 0.15) is 44.9 Å². The molecule has 1 saturated carbocycles. The van der Waals surface area contributed by atoms with Crippen LogP contribution in [-0.4, -0.2) is 47.8 Å². The van der Waals surface area contributed by atoms with Gasteiger partial charge in [-0.15, -0.1) is 11.8 Å². The number of nitrogens with one attached hydrogen (secondary N) is 1. The van der Waals surface area contributed by atoms with Crippen LogP contribution in [0.3, 0.4) is 0 Å². The molecule has 1 N–H and O–H groups in total. The van der Waals surface area contributed by atoms with E-state index in [1.54, 1.807) is 11.8 Å². The summed E-state index contributed by atoms with van der Waals surface area (Å²) >= 11 is 1.71. The fourth-order valence-corrected chi connectivity index (χ4v) is 5.29. The van der Waals surface area contributed by atoms with Gasteiger partial charge in [-0.1, -0.05) is 37.8 Å². The molecule has 2 heterocycles. The van der Waals surface area contributed by atoms with Gasteiger partial charge in [0.2, 0.25) is 0 Å². The van der Waals surface area contributed by atoms with Crippen molar-refractivity contribution in [2.75, 3.05) is 18.8 Å². The molecule has 25 heavy (non-hydrogen) atoms. The molecular formula is C20H28N2O2S. The molecule has 2 atom stereocenters. The predicted octanol–water partition coefficient (Wildman–Crippen LogP) is 3.45. The fourth-order valence-electron chi connectivity index (χ4n) is 4.30. The summed E-state index contributed by atoms with van der Waals surface area (Å²) in [6.07, 6.45) is 8.88. The summed E-state index contributed by atoms with van der Waals surface area (Å²) in [6.45, 7) is 2.13. The minimum atomic E-state index is -0.369. The van der Waals surface area contributed by atoms with Crippen LogP contribution in [0.5, 0.6) is 5.75 Å². The Labute approximate surface area is 154 Å². The normalized spacial score (nSPS) is 28.0. The van der Waals surface area contributed by atoms with E-state index in [4.69, 9.17) is 4.74 Å². The number of carbonyl (C=O) groups excluding carboxylic acids is 1. The van der Waals surface area contributed by atoms with Crippen molar-refractivity contribution in [1.29, 1.82) is 0 Å². The molecule has 1 aromatic rings. The first-order valence-corrected chi connectivity index (χ1v) is 10.7. The monoisotopic (exact) mass is 360 g/mol. The average Bonchev–Trinajstić information content (AvgIpc) is 2.93. The summed E-state index contributed by atoms with van der Waals surface area (Å²) in [5.74, 6) is 1.59. The number of ether oxygens (including phenoxy) is 1. The first kappa shape index (κ1) is 17.2. The Kier molecular flexibility index (Phi) is 5.51. The first-order chi connectivity index (χ1) is 12.3. The number of thioether (sulfide) groups is 1. The van der Waals surface area contributed by atoms with Crippen molar-refractivity contribution in [3.8, 4) is 5.75 Å². The molecule has 2 fully saturated rings. The number of fused-ring (bicyclic) bond motifs is 1. The van der Waals surface area contributed by atoms with Crippen LogP contribution < -0.4 is 10.1 Å². The third-order valence-electron chi connectivity index (χ3n) is 5.71. The molecule has 1 aliphatic carbocycles. The smallest absolute Gasteiger partial charge is 0.262 e. The van der Waals surface area contributed by atoms with Gasteiger partial charge in [0.1, 0.15) is 5.75 Å². The summed E-state index contributed by atoms with van der Waals surface area (Å²) in [5, 5.41) is 3.25. The van der Waals surface area contributed by atoms with Gasteiger partial charge < -0.3 is 10.1 Å². The molecule has 4 nitrogen and oxygen atoms in total. The highest BCUT2D eigenvalue weighted by atomic mass is 32.2. The van der Waals surface area contributed by atoms with Crippen LogP contribution in [0, 0.1) is 0 Å². The van der Waals surface area contributed by atoms with E-state index >= 15 is 0 Å². The molecule has 5 heteroatoms. The number of para-hydroxylation sites is 1.